The van der Waals surface area contributed by atoms with Crippen LogP contribution in [-0.2, 0) is 35.1 Å². The Morgan fingerprint density at radius 1 is 1.00 bits per heavy atom. The number of benzene rings is 2. The summed E-state index contributed by atoms with van der Waals surface area (Å²) in [7, 11) is -6.03. The highest BCUT2D eigenvalue weighted by Gasteiger charge is 2.21. The molecular formula is C19H22N2O7S2. The van der Waals surface area contributed by atoms with Gasteiger partial charge in [-0.1, -0.05) is 24.3 Å². The normalized spacial score (nSPS) is 13.4. The molecule has 1 unspecified atom stereocenters. The van der Waals surface area contributed by atoms with Crippen LogP contribution in [0.3, 0.4) is 0 Å². The van der Waals surface area contributed by atoms with Crippen LogP contribution in [0.25, 0.3) is 10.9 Å². The van der Waals surface area contributed by atoms with E-state index in [2.05, 4.69) is 5.10 Å². The number of methoxy groups -OCH3 is 1. The van der Waals surface area contributed by atoms with Crippen LogP contribution in [0.15, 0.2) is 48.7 Å². The van der Waals surface area contributed by atoms with E-state index in [1.165, 1.54) is 0 Å². The standard InChI is InChI=1S/C19H22N2O7S2/c1-26-17-8-4-14(5-9-17)12-21-18-10-15(6-7-16(18)11-20-21)19(28-30(3,24)25)13-27-29(2,22)23/h4-11,19H,12-13H2,1-3H3. The summed E-state index contributed by atoms with van der Waals surface area (Å²) in [4.78, 5) is 0. The molecule has 1 atom stereocenters. The lowest BCUT2D eigenvalue weighted by molar-refractivity contribution is 0.141. The number of hydrogen-bond donors (Lipinski definition) is 0. The molecule has 0 saturated carbocycles. The minimum absolute atomic E-state index is 0.452. The van der Waals surface area contributed by atoms with Gasteiger partial charge in [0.1, 0.15) is 11.9 Å². The lowest BCUT2D eigenvalue weighted by Gasteiger charge is -2.16. The fourth-order valence-electron chi connectivity index (χ4n) is 2.89. The third kappa shape index (κ3) is 6.02. The van der Waals surface area contributed by atoms with Crippen molar-refractivity contribution in [2.75, 3.05) is 26.2 Å². The van der Waals surface area contributed by atoms with Crippen LogP contribution in [0.5, 0.6) is 5.75 Å². The minimum Gasteiger partial charge on any atom is -0.497 e. The average Bonchev–Trinajstić information content (AvgIpc) is 3.06. The maximum Gasteiger partial charge on any atom is 0.265 e. The number of ether oxygens (including phenoxy) is 1. The lowest BCUT2D eigenvalue weighted by Crippen LogP contribution is -2.18. The molecule has 9 nitrogen and oxygen atoms in total. The van der Waals surface area contributed by atoms with Crippen molar-refractivity contribution >= 4 is 31.1 Å². The Balaban J connectivity index is 1.93. The van der Waals surface area contributed by atoms with Gasteiger partial charge in [0.25, 0.3) is 20.2 Å². The van der Waals surface area contributed by atoms with E-state index in [9.17, 15) is 16.8 Å². The zero-order valence-corrected chi connectivity index (χ0v) is 18.3. The van der Waals surface area contributed by atoms with E-state index in [-0.39, 0.29) is 0 Å². The second-order valence-electron chi connectivity index (χ2n) is 6.75. The van der Waals surface area contributed by atoms with E-state index < -0.39 is 32.9 Å². The van der Waals surface area contributed by atoms with Crippen molar-refractivity contribution in [3.63, 3.8) is 0 Å². The summed E-state index contributed by atoms with van der Waals surface area (Å²) in [5, 5.41) is 5.23. The second-order valence-corrected chi connectivity index (χ2v) is 9.99. The highest BCUT2D eigenvalue weighted by atomic mass is 32.2. The summed E-state index contributed by atoms with van der Waals surface area (Å²) in [6.45, 7) is 0.0123. The zero-order chi connectivity index (χ0) is 21.9. The van der Waals surface area contributed by atoms with Gasteiger partial charge in [0.05, 0.1) is 44.5 Å². The van der Waals surface area contributed by atoms with Crippen molar-refractivity contribution in [1.29, 1.82) is 0 Å². The van der Waals surface area contributed by atoms with Crippen molar-refractivity contribution < 1.29 is 29.9 Å². The van der Waals surface area contributed by atoms with Gasteiger partial charge in [-0.05, 0) is 29.3 Å². The third-order valence-electron chi connectivity index (χ3n) is 4.26. The van der Waals surface area contributed by atoms with E-state index in [4.69, 9.17) is 13.1 Å². The molecule has 162 valence electrons. The van der Waals surface area contributed by atoms with E-state index in [1.54, 1.807) is 36.2 Å². The fourth-order valence-corrected chi connectivity index (χ4v) is 3.85. The van der Waals surface area contributed by atoms with Gasteiger partial charge in [-0.15, -0.1) is 0 Å². The maximum absolute atomic E-state index is 11.7. The number of nitrogens with zero attached hydrogens (tertiary/aromatic N) is 2. The Morgan fingerprint density at radius 2 is 1.70 bits per heavy atom. The Labute approximate surface area is 175 Å². The molecule has 0 saturated heterocycles. The molecule has 0 radical (unpaired) electrons. The van der Waals surface area contributed by atoms with Gasteiger partial charge < -0.3 is 4.74 Å². The van der Waals surface area contributed by atoms with Crippen LogP contribution in [-0.4, -0.2) is 52.8 Å². The van der Waals surface area contributed by atoms with Gasteiger partial charge in [0.2, 0.25) is 0 Å². The molecular weight excluding hydrogens is 432 g/mol. The third-order valence-corrected chi connectivity index (χ3v) is 5.40. The number of fused-ring (bicyclic) bond motifs is 1. The number of rotatable bonds is 9. The molecule has 1 heterocycles. The molecule has 1 aromatic heterocycles. The van der Waals surface area contributed by atoms with Crippen LogP contribution in [0, 0.1) is 0 Å². The molecule has 30 heavy (non-hydrogen) atoms. The fraction of sp³-hybridized carbons (Fsp3) is 0.316. The molecule has 11 heteroatoms. The van der Waals surface area contributed by atoms with E-state index in [1.807, 2.05) is 24.3 Å². The molecule has 0 fully saturated rings. The predicted octanol–water partition coefficient (Wildman–Crippen LogP) is 2.09. The van der Waals surface area contributed by atoms with Crippen LogP contribution in [0.2, 0.25) is 0 Å². The Bertz CT molecular complexity index is 1230. The summed E-state index contributed by atoms with van der Waals surface area (Å²) >= 11 is 0. The van der Waals surface area contributed by atoms with E-state index in [0.29, 0.717) is 12.1 Å². The van der Waals surface area contributed by atoms with Crippen molar-refractivity contribution in [3.05, 3.63) is 59.8 Å². The number of aromatic nitrogens is 2. The maximum atomic E-state index is 11.7. The molecule has 0 amide bonds. The Morgan fingerprint density at radius 3 is 2.30 bits per heavy atom. The van der Waals surface area contributed by atoms with Gasteiger partial charge in [0, 0.05) is 5.39 Å². The first-order valence-corrected chi connectivity index (χ1v) is 12.5. The van der Waals surface area contributed by atoms with Crippen molar-refractivity contribution in [1.82, 2.24) is 9.78 Å². The SMILES string of the molecule is COc1ccc(Cn2ncc3ccc(C(COS(C)(=O)=O)OS(C)(=O)=O)cc32)cc1. The first-order valence-electron chi connectivity index (χ1n) is 8.85. The highest BCUT2D eigenvalue weighted by Crippen LogP contribution is 2.26. The molecule has 0 spiro atoms. The molecule has 0 bridgehead atoms. The summed E-state index contributed by atoms with van der Waals surface area (Å²) in [6.07, 6.45) is 2.36. The van der Waals surface area contributed by atoms with Gasteiger partial charge in [-0.3, -0.25) is 13.0 Å². The summed E-state index contributed by atoms with van der Waals surface area (Å²) in [6, 6.07) is 12.7. The molecule has 0 aliphatic carbocycles. The minimum atomic E-state index is -3.85. The van der Waals surface area contributed by atoms with E-state index in [0.717, 1.165) is 34.7 Å². The van der Waals surface area contributed by atoms with Crippen molar-refractivity contribution in [3.8, 4) is 5.75 Å². The quantitative estimate of drug-likeness (QED) is 0.452. The van der Waals surface area contributed by atoms with Gasteiger partial charge in [-0.2, -0.15) is 21.9 Å². The Hall–Kier alpha value is -2.47. The molecule has 0 aliphatic heterocycles. The lowest BCUT2D eigenvalue weighted by atomic mass is 10.1. The largest absolute Gasteiger partial charge is 0.497 e. The van der Waals surface area contributed by atoms with Gasteiger partial charge in [-0.25, -0.2) is 0 Å². The predicted molar refractivity (Wildman–Crippen MR) is 111 cm³/mol. The molecule has 3 rings (SSSR count). The van der Waals surface area contributed by atoms with Gasteiger partial charge in [0.15, 0.2) is 0 Å². The number of hydrogen-bond acceptors (Lipinski definition) is 8. The van der Waals surface area contributed by atoms with Crippen LogP contribution in [0.4, 0.5) is 0 Å². The van der Waals surface area contributed by atoms with Crippen molar-refractivity contribution in [2.24, 2.45) is 0 Å². The summed E-state index contributed by atoms with van der Waals surface area (Å²) < 4.78 is 62.8. The first-order chi connectivity index (χ1) is 14.0. The van der Waals surface area contributed by atoms with E-state index >= 15 is 0 Å². The molecule has 2 aromatic carbocycles. The summed E-state index contributed by atoms with van der Waals surface area (Å²) in [5.74, 6) is 0.748. The zero-order valence-electron chi connectivity index (χ0n) is 16.7. The van der Waals surface area contributed by atoms with Gasteiger partial charge >= 0.3 is 0 Å². The second kappa shape index (κ2) is 8.72. The Kier molecular flexibility index (Phi) is 6.46. The molecule has 3 aromatic rings. The monoisotopic (exact) mass is 454 g/mol. The first kappa shape index (κ1) is 22.2. The smallest absolute Gasteiger partial charge is 0.265 e. The van der Waals surface area contributed by atoms with Crippen LogP contribution >= 0.6 is 0 Å². The molecule has 0 aliphatic rings. The molecule has 0 N–H and O–H groups in total. The summed E-state index contributed by atoms with van der Waals surface area (Å²) in [5.41, 5.74) is 2.19. The highest BCUT2D eigenvalue weighted by molar-refractivity contribution is 7.86. The van der Waals surface area contributed by atoms with Crippen LogP contribution in [0.1, 0.15) is 17.2 Å². The van der Waals surface area contributed by atoms with Crippen LogP contribution < -0.4 is 4.74 Å². The van der Waals surface area contributed by atoms with Crippen molar-refractivity contribution in [2.45, 2.75) is 12.6 Å². The topological polar surface area (TPSA) is 114 Å². The average molecular weight is 455 g/mol.